The van der Waals surface area contributed by atoms with Crippen LogP contribution in [0.4, 0.5) is 16.0 Å². The van der Waals surface area contributed by atoms with Crippen LogP contribution in [0.5, 0.6) is 0 Å². The molecule has 0 atom stereocenters. The summed E-state index contributed by atoms with van der Waals surface area (Å²) in [7, 11) is 0. The summed E-state index contributed by atoms with van der Waals surface area (Å²) < 4.78 is 15.3. The maximum Gasteiger partial charge on any atom is 0.221 e. The molecule has 8 heteroatoms. The lowest BCUT2D eigenvalue weighted by atomic mass is 10.1. The van der Waals surface area contributed by atoms with Crippen molar-refractivity contribution >= 4 is 40.2 Å². The Labute approximate surface area is 164 Å². The molecule has 2 heterocycles. The van der Waals surface area contributed by atoms with E-state index in [2.05, 4.69) is 15.3 Å². The minimum Gasteiger partial charge on any atom is -0.369 e. The molecule has 2 aromatic heterocycles. The normalized spacial score (nSPS) is 11.0. The number of carbonyl (C=O) groups is 1. The molecule has 0 saturated carbocycles. The van der Waals surface area contributed by atoms with Crippen molar-refractivity contribution in [2.75, 3.05) is 11.1 Å². The van der Waals surface area contributed by atoms with Gasteiger partial charge in [0.15, 0.2) is 0 Å². The predicted molar refractivity (Wildman–Crippen MR) is 108 cm³/mol. The number of halogens is 2. The van der Waals surface area contributed by atoms with Crippen LogP contribution in [0.1, 0.15) is 6.92 Å². The molecule has 0 saturated heterocycles. The van der Waals surface area contributed by atoms with Gasteiger partial charge in [0.25, 0.3) is 0 Å². The number of amides is 1. The number of pyridine rings is 1. The summed E-state index contributed by atoms with van der Waals surface area (Å²) in [4.78, 5) is 20.2. The van der Waals surface area contributed by atoms with E-state index in [1.165, 1.54) is 19.1 Å². The largest absolute Gasteiger partial charge is 0.369 e. The summed E-state index contributed by atoms with van der Waals surface area (Å²) >= 11 is 6.11. The molecule has 2 aromatic carbocycles. The molecule has 4 rings (SSSR count). The van der Waals surface area contributed by atoms with Gasteiger partial charge < -0.3 is 11.1 Å². The molecule has 0 bridgehead atoms. The number of nitrogens with zero attached hydrogens (tertiary/aromatic N) is 3. The monoisotopic (exact) mass is 395 g/mol. The Balaban J connectivity index is 1.79. The molecule has 0 aliphatic rings. The number of nitrogens with one attached hydrogen (secondary N) is 1. The zero-order chi connectivity index (χ0) is 19.8. The van der Waals surface area contributed by atoms with Crippen molar-refractivity contribution in [3.05, 3.63) is 65.6 Å². The topological polar surface area (TPSA) is 85.8 Å². The first-order chi connectivity index (χ1) is 13.4. The smallest absolute Gasteiger partial charge is 0.221 e. The Kier molecular flexibility index (Phi) is 4.44. The number of aromatic nitrogens is 3. The van der Waals surface area contributed by atoms with Gasteiger partial charge in [-0.05, 0) is 42.5 Å². The second-order valence-electron chi connectivity index (χ2n) is 6.21. The third kappa shape index (κ3) is 3.27. The summed E-state index contributed by atoms with van der Waals surface area (Å²) in [5, 5.41) is 3.29. The van der Waals surface area contributed by atoms with Gasteiger partial charge in [-0.15, -0.1) is 0 Å². The maximum absolute atomic E-state index is 13.7. The average Bonchev–Trinajstić information content (AvgIpc) is 2.98. The number of fused-ring (bicyclic) bond motifs is 1. The molecule has 28 heavy (non-hydrogen) atoms. The molecule has 0 spiro atoms. The molecule has 0 fully saturated rings. The summed E-state index contributed by atoms with van der Waals surface area (Å²) in [6.45, 7) is 1.43. The molecule has 4 aromatic rings. The summed E-state index contributed by atoms with van der Waals surface area (Å²) in [6.07, 6.45) is 1.61. The zero-order valence-corrected chi connectivity index (χ0v) is 15.5. The van der Waals surface area contributed by atoms with Crippen molar-refractivity contribution in [2.24, 2.45) is 0 Å². The highest BCUT2D eigenvalue weighted by atomic mass is 35.5. The van der Waals surface area contributed by atoms with E-state index in [0.717, 1.165) is 0 Å². The molecule has 140 valence electrons. The average molecular weight is 396 g/mol. The molecule has 0 aliphatic heterocycles. The van der Waals surface area contributed by atoms with Gasteiger partial charge in [-0.1, -0.05) is 11.6 Å². The van der Waals surface area contributed by atoms with E-state index in [1.807, 2.05) is 0 Å². The lowest BCUT2D eigenvalue weighted by Crippen LogP contribution is -2.07. The van der Waals surface area contributed by atoms with Crippen molar-refractivity contribution in [2.45, 2.75) is 6.92 Å². The highest BCUT2D eigenvalue weighted by molar-refractivity contribution is 6.31. The first-order valence-electron chi connectivity index (χ1n) is 8.40. The number of hydrogen-bond acceptors (Lipinski definition) is 4. The fourth-order valence-corrected chi connectivity index (χ4v) is 3.22. The number of carbonyl (C=O) groups excluding carboxylic acids is 1. The molecule has 1 amide bonds. The summed E-state index contributed by atoms with van der Waals surface area (Å²) in [6, 6.07) is 13.0. The Morgan fingerprint density at radius 1 is 1.18 bits per heavy atom. The number of imidazole rings is 1. The predicted octanol–water partition coefficient (Wildman–Crippen LogP) is 4.42. The van der Waals surface area contributed by atoms with Gasteiger partial charge in [0.2, 0.25) is 11.9 Å². The van der Waals surface area contributed by atoms with E-state index in [0.29, 0.717) is 38.7 Å². The third-order valence-corrected chi connectivity index (χ3v) is 4.45. The number of anilines is 2. The Hall–Kier alpha value is -3.45. The minimum atomic E-state index is -0.378. The van der Waals surface area contributed by atoms with Crippen LogP contribution in [0.3, 0.4) is 0 Å². The van der Waals surface area contributed by atoms with E-state index < -0.39 is 0 Å². The first-order valence-corrected chi connectivity index (χ1v) is 8.77. The van der Waals surface area contributed by atoms with Crippen LogP contribution < -0.4 is 11.1 Å². The van der Waals surface area contributed by atoms with Gasteiger partial charge in [-0.3, -0.25) is 14.3 Å². The molecule has 0 unspecified atom stereocenters. The second-order valence-corrected chi connectivity index (χ2v) is 6.65. The first kappa shape index (κ1) is 17.9. The van der Waals surface area contributed by atoms with Gasteiger partial charge >= 0.3 is 0 Å². The molecule has 0 aliphatic carbocycles. The van der Waals surface area contributed by atoms with Crippen molar-refractivity contribution in [3.8, 4) is 16.9 Å². The van der Waals surface area contributed by atoms with Crippen LogP contribution in [0.2, 0.25) is 5.02 Å². The SMILES string of the molecule is CC(=O)Nc1ccc(Cl)cc1-c1ccc(-n2c(N)nc3ccc(F)cc32)cn1. The molecule has 6 nitrogen and oxygen atoms in total. The zero-order valence-electron chi connectivity index (χ0n) is 14.8. The minimum absolute atomic E-state index is 0.195. The second kappa shape index (κ2) is 6.94. The van der Waals surface area contributed by atoms with Gasteiger partial charge in [-0.25, -0.2) is 9.37 Å². The molecule has 0 radical (unpaired) electrons. The van der Waals surface area contributed by atoms with Gasteiger partial charge in [-0.2, -0.15) is 0 Å². The Bertz CT molecular complexity index is 1200. The number of benzene rings is 2. The molecular formula is C20H15ClFN5O. The molecule has 3 N–H and O–H groups in total. The fraction of sp³-hybridized carbons (Fsp3) is 0.0500. The van der Waals surface area contributed by atoms with Crippen LogP contribution >= 0.6 is 11.6 Å². The number of rotatable bonds is 3. The van der Waals surface area contributed by atoms with Crippen molar-refractivity contribution in [1.29, 1.82) is 0 Å². The fourth-order valence-electron chi connectivity index (χ4n) is 3.04. The third-order valence-electron chi connectivity index (χ3n) is 4.22. The highest BCUT2D eigenvalue weighted by Crippen LogP contribution is 2.31. The summed E-state index contributed by atoms with van der Waals surface area (Å²) in [5.41, 5.74) is 9.70. The van der Waals surface area contributed by atoms with Crippen LogP contribution in [0.15, 0.2) is 54.7 Å². The Morgan fingerprint density at radius 3 is 2.71 bits per heavy atom. The lowest BCUT2D eigenvalue weighted by Gasteiger charge is -2.11. The van der Waals surface area contributed by atoms with E-state index in [4.69, 9.17) is 17.3 Å². The quantitative estimate of drug-likeness (QED) is 0.537. The van der Waals surface area contributed by atoms with E-state index in [-0.39, 0.29) is 17.7 Å². The number of nitrogens with two attached hydrogens (primary N) is 1. The van der Waals surface area contributed by atoms with E-state index >= 15 is 0 Å². The standard InChI is InChI=1S/C20H15ClFN5O/c1-11(28)25-17-5-2-12(21)8-15(17)16-7-4-14(10-24-16)27-19-9-13(22)3-6-18(19)26-20(27)23/h2-10H,1H3,(H2,23,26)(H,25,28). The number of hydrogen-bond donors (Lipinski definition) is 2. The van der Waals surface area contributed by atoms with Crippen molar-refractivity contribution in [3.63, 3.8) is 0 Å². The number of nitrogen functional groups attached to an aromatic ring is 1. The lowest BCUT2D eigenvalue weighted by molar-refractivity contribution is -0.114. The van der Waals surface area contributed by atoms with Crippen LogP contribution in [-0.4, -0.2) is 20.4 Å². The summed E-state index contributed by atoms with van der Waals surface area (Å²) in [5.74, 6) is -0.339. The van der Waals surface area contributed by atoms with Crippen LogP contribution in [-0.2, 0) is 4.79 Å². The molecular weight excluding hydrogens is 381 g/mol. The highest BCUT2D eigenvalue weighted by Gasteiger charge is 2.13. The van der Waals surface area contributed by atoms with Crippen molar-refractivity contribution < 1.29 is 9.18 Å². The Morgan fingerprint density at radius 2 is 2.00 bits per heavy atom. The van der Waals surface area contributed by atoms with Crippen LogP contribution in [0.25, 0.3) is 28.0 Å². The maximum atomic E-state index is 13.7. The van der Waals surface area contributed by atoms with Gasteiger partial charge in [0.1, 0.15) is 5.82 Å². The van der Waals surface area contributed by atoms with E-state index in [1.54, 1.807) is 47.2 Å². The van der Waals surface area contributed by atoms with E-state index in [9.17, 15) is 9.18 Å². The van der Waals surface area contributed by atoms with Crippen LogP contribution in [0, 0.1) is 5.82 Å². The van der Waals surface area contributed by atoms with Gasteiger partial charge in [0, 0.05) is 23.6 Å². The van der Waals surface area contributed by atoms with Gasteiger partial charge in [0.05, 0.1) is 34.3 Å². The van der Waals surface area contributed by atoms with Crippen molar-refractivity contribution in [1.82, 2.24) is 14.5 Å².